The third kappa shape index (κ3) is 5.57. The molecule has 2 aromatic carbocycles. The standard InChI is InChI=1S/C27H25NO8/c1-16-9-20(29)27(34-15-17-7-5-4-6-8-17)24(35-16)14-28-25(30)10-18-11-26(31)36-21-13-23(33-3)22(32-2)12-19(18)21/h4-9,11-13H,10,14-15H2,1-3H3,(H,28,30). The molecule has 186 valence electrons. The van der Waals surface area contributed by atoms with Crippen LogP contribution in [0.1, 0.15) is 22.6 Å². The van der Waals surface area contributed by atoms with E-state index >= 15 is 0 Å². The number of methoxy groups -OCH3 is 2. The second kappa shape index (κ2) is 10.8. The number of benzene rings is 2. The zero-order chi connectivity index (χ0) is 25.7. The molecule has 2 heterocycles. The number of nitrogens with one attached hydrogen (secondary N) is 1. The predicted molar refractivity (Wildman–Crippen MR) is 132 cm³/mol. The molecule has 0 fully saturated rings. The average Bonchev–Trinajstić information content (AvgIpc) is 2.86. The van der Waals surface area contributed by atoms with E-state index in [4.69, 9.17) is 23.0 Å². The first-order valence-electron chi connectivity index (χ1n) is 11.1. The monoisotopic (exact) mass is 491 g/mol. The molecule has 0 saturated heterocycles. The fraction of sp³-hybridized carbons (Fsp3) is 0.222. The van der Waals surface area contributed by atoms with Crippen molar-refractivity contribution in [2.24, 2.45) is 0 Å². The molecule has 36 heavy (non-hydrogen) atoms. The van der Waals surface area contributed by atoms with Gasteiger partial charge in [0, 0.05) is 23.6 Å². The second-order valence-corrected chi connectivity index (χ2v) is 8.00. The van der Waals surface area contributed by atoms with E-state index in [1.165, 1.54) is 32.4 Å². The zero-order valence-electron chi connectivity index (χ0n) is 20.1. The molecule has 0 spiro atoms. The van der Waals surface area contributed by atoms with Crippen molar-refractivity contribution >= 4 is 16.9 Å². The van der Waals surface area contributed by atoms with Crippen molar-refractivity contribution in [1.82, 2.24) is 5.32 Å². The molecule has 4 rings (SSSR count). The van der Waals surface area contributed by atoms with Crippen LogP contribution in [-0.2, 0) is 24.4 Å². The highest BCUT2D eigenvalue weighted by Gasteiger charge is 2.17. The number of hydrogen-bond acceptors (Lipinski definition) is 8. The van der Waals surface area contributed by atoms with Gasteiger partial charge in [0.15, 0.2) is 17.3 Å². The molecule has 0 saturated carbocycles. The lowest BCUT2D eigenvalue weighted by Gasteiger charge is -2.13. The van der Waals surface area contributed by atoms with E-state index in [2.05, 4.69) is 5.32 Å². The van der Waals surface area contributed by atoms with Crippen molar-refractivity contribution in [3.63, 3.8) is 0 Å². The van der Waals surface area contributed by atoms with Gasteiger partial charge in [-0.2, -0.15) is 0 Å². The van der Waals surface area contributed by atoms with Crippen LogP contribution in [0.5, 0.6) is 17.2 Å². The number of rotatable bonds is 9. The molecule has 9 nitrogen and oxygen atoms in total. The van der Waals surface area contributed by atoms with Gasteiger partial charge in [-0.3, -0.25) is 9.59 Å². The molecule has 1 amide bonds. The van der Waals surface area contributed by atoms with Gasteiger partial charge < -0.3 is 28.4 Å². The van der Waals surface area contributed by atoms with Crippen molar-refractivity contribution in [2.75, 3.05) is 14.2 Å². The van der Waals surface area contributed by atoms with Gasteiger partial charge >= 0.3 is 5.63 Å². The Kier molecular flexibility index (Phi) is 7.39. The van der Waals surface area contributed by atoms with Gasteiger partial charge in [0.05, 0.1) is 27.2 Å². The summed E-state index contributed by atoms with van der Waals surface area (Å²) in [6, 6.07) is 15.2. The number of aryl methyl sites for hydroxylation is 1. The maximum Gasteiger partial charge on any atom is 0.336 e. The highest BCUT2D eigenvalue weighted by Crippen LogP contribution is 2.33. The highest BCUT2D eigenvalue weighted by molar-refractivity contribution is 5.89. The van der Waals surface area contributed by atoms with E-state index in [0.717, 1.165) is 5.56 Å². The SMILES string of the molecule is COc1cc2oc(=O)cc(CC(=O)NCc3oc(C)cc(=O)c3OCc3ccccc3)c2cc1OC. The lowest BCUT2D eigenvalue weighted by atomic mass is 10.1. The molecule has 9 heteroatoms. The number of amides is 1. The molecule has 0 unspecified atom stereocenters. The second-order valence-electron chi connectivity index (χ2n) is 8.00. The molecule has 0 bridgehead atoms. The lowest BCUT2D eigenvalue weighted by molar-refractivity contribution is -0.120. The Morgan fingerprint density at radius 1 is 0.944 bits per heavy atom. The van der Waals surface area contributed by atoms with Crippen molar-refractivity contribution < 1.29 is 27.8 Å². The smallest absolute Gasteiger partial charge is 0.336 e. The Morgan fingerprint density at radius 2 is 1.67 bits per heavy atom. The summed E-state index contributed by atoms with van der Waals surface area (Å²) in [7, 11) is 2.96. The van der Waals surface area contributed by atoms with Gasteiger partial charge in [-0.15, -0.1) is 0 Å². The van der Waals surface area contributed by atoms with Gasteiger partial charge in [0.25, 0.3) is 0 Å². The summed E-state index contributed by atoms with van der Waals surface area (Å²) in [6.07, 6.45) is -0.117. The normalized spacial score (nSPS) is 10.8. The first-order valence-corrected chi connectivity index (χ1v) is 11.1. The maximum absolute atomic E-state index is 12.8. The lowest BCUT2D eigenvalue weighted by Crippen LogP contribution is -2.26. The summed E-state index contributed by atoms with van der Waals surface area (Å²) in [5.74, 6) is 1.06. The van der Waals surface area contributed by atoms with E-state index in [1.807, 2.05) is 30.3 Å². The van der Waals surface area contributed by atoms with Crippen molar-refractivity contribution in [2.45, 2.75) is 26.5 Å². The van der Waals surface area contributed by atoms with Gasteiger partial charge in [0.1, 0.15) is 18.0 Å². The van der Waals surface area contributed by atoms with Crippen molar-refractivity contribution in [3.05, 3.63) is 97.9 Å². The minimum absolute atomic E-state index is 0.0346. The van der Waals surface area contributed by atoms with Gasteiger partial charge in [-0.25, -0.2) is 4.79 Å². The quantitative estimate of drug-likeness (QED) is 0.354. The van der Waals surface area contributed by atoms with Crippen molar-refractivity contribution in [1.29, 1.82) is 0 Å². The number of carbonyl (C=O) groups excluding carboxylic acids is 1. The summed E-state index contributed by atoms with van der Waals surface area (Å²) >= 11 is 0. The first kappa shape index (κ1) is 24.6. The summed E-state index contributed by atoms with van der Waals surface area (Å²) in [4.78, 5) is 37.5. The zero-order valence-corrected chi connectivity index (χ0v) is 20.1. The van der Waals surface area contributed by atoms with Crippen LogP contribution in [0.15, 0.2) is 73.0 Å². The van der Waals surface area contributed by atoms with Crippen LogP contribution < -0.4 is 30.6 Å². The number of carbonyl (C=O) groups is 1. The molecule has 0 aliphatic carbocycles. The minimum Gasteiger partial charge on any atom is -0.493 e. The van der Waals surface area contributed by atoms with E-state index in [-0.39, 0.29) is 42.1 Å². The molecular formula is C27H25NO8. The van der Waals surface area contributed by atoms with E-state index in [0.29, 0.717) is 28.2 Å². The number of hydrogen-bond donors (Lipinski definition) is 1. The molecule has 0 radical (unpaired) electrons. The Labute approximate surface area is 206 Å². The largest absolute Gasteiger partial charge is 0.493 e. The molecule has 4 aromatic rings. The summed E-state index contributed by atoms with van der Waals surface area (Å²) in [6.45, 7) is 1.74. The Hall–Kier alpha value is -4.53. The Morgan fingerprint density at radius 3 is 2.39 bits per heavy atom. The van der Waals surface area contributed by atoms with Crippen molar-refractivity contribution in [3.8, 4) is 17.2 Å². The maximum atomic E-state index is 12.8. The van der Waals surface area contributed by atoms with Crippen LogP contribution >= 0.6 is 0 Å². The highest BCUT2D eigenvalue weighted by atomic mass is 16.5. The molecule has 2 aromatic heterocycles. The number of ether oxygens (including phenoxy) is 3. The van der Waals surface area contributed by atoms with Crippen LogP contribution in [0.3, 0.4) is 0 Å². The molecule has 1 N–H and O–H groups in total. The molecule has 0 atom stereocenters. The Balaban J connectivity index is 1.53. The topological polar surface area (TPSA) is 117 Å². The average molecular weight is 491 g/mol. The predicted octanol–water partition coefficient (Wildman–Crippen LogP) is 3.51. The Bertz CT molecular complexity index is 1500. The minimum atomic E-state index is -0.598. The van der Waals surface area contributed by atoms with Crippen LogP contribution in [0.4, 0.5) is 0 Å². The molecule has 0 aliphatic rings. The summed E-state index contributed by atoms with van der Waals surface area (Å²) in [5.41, 5.74) is 0.662. The molecule has 0 aliphatic heterocycles. The van der Waals surface area contributed by atoms with E-state index in [1.54, 1.807) is 13.0 Å². The van der Waals surface area contributed by atoms with Gasteiger partial charge in [-0.05, 0) is 24.1 Å². The van der Waals surface area contributed by atoms with Crippen LogP contribution in [-0.4, -0.2) is 20.1 Å². The fourth-order valence-electron chi connectivity index (χ4n) is 3.77. The van der Waals surface area contributed by atoms with Gasteiger partial charge in [-0.1, -0.05) is 30.3 Å². The van der Waals surface area contributed by atoms with Crippen LogP contribution in [0, 0.1) is 6.92 Å². The molecular weight excluding hydrogens is 466 g/mol. The number of fused-ring (bicyclic) bond motifs is 1. The van der Waals surface area contributed by atoms with Crippen LogP contribution in [0.2, 0.25) is 0 Å². The fourth-order valence-corrected chi connectivity index (χ4v) is 3.77. The van der Waals surface area contributed by atoms with E-state index < -0.39 is 11.5 Å². The summed E-state index contributed by atoms with van der Waals surface area (Å²) < 4.78 is 27.3. The third-order valence-corrected chi connectivity index (χ3v) is 5.45. The van der Waals surface area contributed by atoms with Gasteiger partial charge in [0.2, 0.25) is 17.1 Å². The van der Waals surface area contributed by atoms with E-state index in [9.17, 15) is 14.4 Å². The van der Waals surface area contributed by atoms with Crippen LogP contribution in [0.25, 0.3) is 11.0 Å². The third-order valence-electron chi connectivity index (χ3n) is 5.45. The first-order chi connectivity index (χ1) is 17.4. The summed E-state index contributed by atoms with van der Waals surface area (Å²) in [5, 5.41) is 3.27.